The predicted molar refractivity (Wildman–Crippen MR) is 84.9 cm³/mol. The first kappa shape index (κ1) is 16.4. The molecule has 0 aromatic heterocycles. The summed E-state index contributed by atoms with van der Waals surface area (Å²) in [4.78, 5) is 4.72. The molecule has 0 saturated heterocycles. The summed E-state index contributed by atoms with van der Waals surface area (Å²) in [5.41, 5.74) is 2.95. The van der Waals surface area contributed by atoms with Gasteiger partial charge in [0.1, 0.15) is 5.82 Å². The number of aryl methyl sites for hydroxylation is 1. The molecule has 1 nitrogen and oxygen atoms in total. The first-order valence-electron chi connectivity index (χ1n) is 7.02. The Labute approximate surface area is 124 Å². The van der Waals surface area contributed by atoms with Crippen molar-refractivity contribution in [1.82, 2.24) is 0 Å². The molecular weight excluding hydrogens is 305 g/mol. The second-order valence-electron chi connectivity index (χ2n) is 5.10. The van der Waals surface area contributed by atoms with E-state index in [0.29, 0.717) is 10.4 Å². The summed E-state index contributed by atoms with van der Waals surface area (Å²) in [5, 5.41) is 0. The maximum absolute atomic E-state index is 13.6. The van der Waals surface area contributed by atoms with Crippen molar-refractivity contribution in [2.45, 2.75) is 53.4 Å². The highest BCUT2D eigenvalue weighted by Gasteiger charge is 2.11. The average molecular weight is 328 g/mol. The van der Waals surface area contributed by atoms with Gasteiger partial charge in [-0.1, -0.05) is 33.6 Å². The van der Waals surface area contributed by atoms with Gasteiger partial charge in [0.25, 0.3) is 0 Å². The lowest BCUT2D eigenvalue weighted by molar-refractivity contribution is 0.620. The quantitative estimate of drug-likeness (QED) is 0.551. The van der Waals surface area contributed by atoms with E-state index in [4.69, 9.17) is 4.99 Å². The van der Waals surface area contributed by atoms with Crippen LogP contribution in [0.1, 0.15) is 52.0 Å². The summed E-state index contributed by atoms with van der Waals surface area (Å²) >= 11 is 3.21. The second kappa shape index (κ2) is 7.78. The molecule has 0 radical (unpaired) electrons. The molecule has 0 aliphatic rings. The van der Waals surface area contributed by atoms with Crippen molar-refractivity contribution in [2.75, 3.05) is 0 Å². The fourth-order valence-corrected chi connectivity index (χ4v) is 2.64. The number of hydrogen-bond acceptors (Lipinski definition) is 1. The molecule has 1 unspecified atom stereocenters. The van der Waals surface area contributed by atoms with Crippen LogP contribution in [0.25, 0.3) is 0 Å². The van der Waals surface area contributed by atoms with Crippen LogP contribution < -0.4 is 0 Å². The highest BCUT2D eigenvalue weighted by Crippen LogP contribution is 2.27. The molecule has 3 heteroatoms. The van der Waals surface area contributed by atoms with E-state index < -0.39 is 0 Å². The zero-order valence-corrected chi connectivity index (χ0v) is 13.8. The van der Waals surface area contributed by atoms with E-state index in [1.165, 1.54) is 11.8 Å². The molecule has 0 fully saturated rings. The first-order chi connectivity index (χ1) is 8.99. The van der Waals surface area contributed by atoms with Crippen LogP contribution in [0.2, 0.25) is 0 Å². The third-order valence-electron chi connectivity index (χ3n) is 3.30. The van der Waals surface area contributed by atoms with Gasteiger partial charge in [-0.2, -0.15) is 0 Å². The van der Waals surface area contributed by atoms with Crippen LogP contribution in [-0.2, 0) is 0 Å². The van der Waals surface area contributed by atoms with Crippen molar-refractivity contribution in [1.29, 1.82) is 0 Å². The van der Waals surface area contributed by atoms with E-state index in [0.717, 1.165) is 36.9 Å². The number of rotatable bonds is 6. The Morgan fingerprint density at radius 2 is 2.00 bits per heavy atom. The van der Waals surface area contributed by atoms with Gasteiger partial charge in [0.2, 0.25) is 0 Å². The van der Waals surface area contributed by atoms with E-state index >= 15 is 0 Å². The summed E-state index contributed by atoms with van der Waals surface area (Å²) in [6, 6.07) is 3.32. The van der Waals surface area contributed by atoms with Crippen molar-refractivity contribution >= 4 is 27.3 Å². The molecule has 0 saturated carbocycles. The number of aliphatic imine (C=N–C) groups is 1. The summed E-state index contributed by atoms with van der Waals surface area (Å²) in [6.45, 7) is 8.52. The van der Waals surface area contributed by atoms with E-state index in [2.05, 4.69) is 36.7 Å². The van der Waals surface area contributed by atoms with Gasteiger partial charge in [0, 0.05) is 11.8 Å². The fourth-order valence-electron chi connectivity index (χ4n) is 2.18. The number of benzene rings is 1. The van der Waals surface area contributed by atoms with Gasteiger partial charge in [-0.3, -0.25) is 4.99 Å². The standard InChI is InChI=1S/C16H23BrFN/c1-5-7-11(3)15(8-6-2)19-16-10-14(18)13(17)9-12(16)4/h9-11H,5-8H2,1-4H3. The lowest BCUT2D eigenvalue weighted by Crippen LogP contribution is -2.10. The molecule has 1 atom stereocenters. The Morgan fingerprint density at radius 1 is 1.32 bits per heavy atom. The Hall–Kier alpha value is -0.700. The highest BCUT2D eigenvalue weighted by atomic mass is 79.9. The Balaban J connectivity index is 3.10. The van der Waals surface area contributed by atoms with Crippen LogP contribution in [-0.4, -0.2) is 5.71 Å². The van der Waals surface area contributed by atoms with Gasteiger partial charge in [0.15, 0.2) is 0 Å². The van der Waals surface area contributed by atoms with Crippen molar-refractivity contribution in [3.05, 3.63) is 28.0 Å². The van der Waals surface area contributed by atoms with E-state index in [9.17, 15) is 4.39 Å². The maximum atomic E-state index is 13.6. The van der Waals surface area contributed by atoms with Gasteiger partial charge < -0.3 is 0 Å². The summed E-state index contributed by atoms with van der Waals surface area (Å²) in [5.74, 6) is 0.222. The van der Waals surface area contributed by atoms with Crippen LogP contribution in [0.15, 0.2) is 21.6 Å². The number of halogens is 2. The summed E-state index contributed by atoms with van der Waals surface area (Å²) < 4.78 is 14.1. The Morgan fingerprint density at radius 3 is 2.58 bits per heavy atom. The normalized spacial score (nSPS) is 13.7. The highest BCUT2D eigenvalue weighted by molar-refractivity contribution is 9.10. The van der Waals surface area contributed by atoms with Gasteiger partial charge >= 0.3 is 0 Å². The maximum Gasteiger partial charge on any atom is 0.139 e. The zero-order valence-electron chi connectivity index (χ0n) is 12.3. The molecule has 0 heterocycles. The van der Waals surface area contributed by atoms with Crippen LogP contribution in [0.5, 0.6) is 0 Å². The third-order valence-corrected chi connectivity index (χ3v) is 3.91. The molecule has 1 aromatic rings. The van der Waals surface area contributed by atoms with Gasteiger partial charge in [-0.05, 0) is 53.2 Å². The van der Waals surface area contributed by atoms with Gasteiger partial charge in [-0.15, -0.1) is 0 Å². The molecule has 0 aliphatic carbocycles. The molecule has 19 heavy (non-hydrogen) atoms. The molecule has 0 spiro atoms. The Bertz CT molecular complexity index is 454. The van der Waals surface area contributed by atoms with Gasteiger partial charge in [-0.25, -0.2) is 4.39 Å². The van der Waals surface area contributed by atoms with Crippen molar-refractivity contribution in [2.24, 2.45) is 10.9 Å². The van der Waals surface area contributed by atoms with Crippen LogP contribution in [0.3, 0.4) is 0 Å². The number of hydrogen-bond donors (Lipinski definition) is 0. The molecule has 0 N–H and O–H groups in total. The molecule has 0 bridgehead atoms. The first-order valence-corrected chi connectivity index (χ1v) is 7.81. The lowest BCUT2D eigenvalue weighted by atomic mass is 9.96. The lowest BCUT2D eigenvalue weighted by Gasteiger charge is -2.14. The van der Waals surface area contributed by atoms with Crippen LogP contribution in [0, 0.1) is 18.7 Å². The number of nitrogens with zero attached hydrogens (tertiary/aromatic N) is 1. The summed E-state index contributed by atoms with van der Waals surface area (Å²) in [7, 11) is 0. The summed E-state index contributed by atoms with van der Waals surface area (Å²) in [6.07, 6.45) is 4.34. The van der Waals surface area contributed by atoms with Gasteiger partial charge in [0.05, 0.1) is 10.2 Å². The van der Waals surface area contributed by atoms with Crippen molar-refractivity contribution in [3.8, 4) is 0 Å². The SMILES string of the molecule is CCCC(=Nc1cc(F)c(Br)cc1C)C(C)CCC. The topological polar surface area (TPSA) is 12.4 Å². The van der Waals surface area contributed by atoms with E-state index in [1.807, 2.05) is 6.92 Å². The average Bonchev–Trinajstić information content (AvgIpc) is 2.35. The molecular formula is C16H23BrFN. The van der Waals surface area contributed by atoms with Crippen LogP contribution >= 0.6 is 15.9 Å². The van der Waals surface area contributed by atoms with Crippen molar-refractivity contribution < 1.29 is 4.39 Å². The fraction of sp³-hybridized carbons (Fsp3) is 0.562. The molecule has 1 rings (SSSR count). The van der Waals surface area contributed by atoms with Crippen molar-refractivity contribution in [3.63, 3.8) is 0 Å². The van der Waals surface area contributed by atoms with E-state index in [1.54, 1.807) is 6.07 Å². The largest absolute Gasteiger partial charge is 0.257 e. The molecule has 106 valence electrons. The third kappa shape index (κ3) is 4.72. The Kier molecular flexibility index (Phi) is 6.70. The molecule has 1 aromatic carbocycles. The van der Waals surface area contributed by atoms with E-state index in [-0.39, 0.29) is 5.82 Å². The van der Waals surface area contributed by atoms with Crippen LogP contribution in [0.4, 0.5) is 10.1 Å². The minimum absolute atomic E-state index is 0.247. The zero-order chi connectivity index (χ0) is 14.4. The predicted octanol–water partition coefficient (Wildman–Crippen LogP) is 6.21. The molecule has 0 amide bonds. The minimum atomic E-state index is -0.247. The molecule has 0 aliphatic heterocycles. The minimum Gasteiger partial charge on any atom is -0.257 e. The second-order valence-corrected chi connectivity index (χ2v) is 5.95. The smallest absolute Gasteiger partial charge is 0.139 e. The monoisotopic (exact) mass is 327 g/mol.